The molecule has 1 aliphatic heterocycles. The van der Waals surface area contributed by atoms with Gasteiger partial charge < -0.3 is 24.8 Å². The lowest BCUT2D eigenvalue weighted by Crippen LogP contribution is -2.14. The van der Waals surface area contributed by atoms with E-state index >= 15 is 0 Å². The van der Waals surface area contributed by atoms with Gasteiger partial charge in [0, 0.05) is 0 Å². The first-order chi connectivity index (χ1) is 8.33. The van der Waals surface area contributed by atoms with Gasteiger partial charge in [0.15, 0.2) is 12.1 Å². The van der Waals surface area contributed by atoms with Crippen molar-refractivity contribution in [3.05, 3.63) is 0 Å². The molecule has 0 spiro atoms. The first-order valence-electron chi connectivity index (χ1n) is 5.56. The number of ether oxygens (including phenoxy) is 2. The molecule has 1 rings (SSSR count). The molecular formula is C11H22O7. The second-order valence-corrected chi connectivity index (χ2v) is 3.57. The highest BCUT2D eigenvalue weighted by Crippen LogP contribution is 2.04. The zero-order chi connectivity index (χ0) is 14.6. The second-order valence-electron chi connectivity index (χ2n) is 3.57. The van der Waals surface area contributed by atoms with Crippen LogP contribution in [0.3, 0.4) is 0 Å². The molecule has 0 saturated carbocycles. The quantitative estimate of drug-likeness (QED) is 0.465. The molecule has 1 fully saturated rings. The molecule has 0 radical (unpaired) electrons. The molecule has 0 amide bonds. The zero-order valence-electron chi connectivity index (χ0n) is 11.0. The summed E-state index contributed by atoms with van der Waals surface area (Å²) in [5.74, 6) is -1.26. The van der Waals surface area contributed by atoms with Crippen LogP contribution >= 0.6 is 0 Å². The molecule has 1 aliphatic rings. The smallest absolute Gasteiger partial charge is 0.329 e. The molecule has 108 valence electrons. The highest BCUT2D eigenvalue weighted by atomic mass is 16.6. The van der Waals surface area contributed by atoms with E-state index < -0.39 is 18.9 Å². The van der Waals surface area contributed by atoms with Crippen LogP contribution < -0.4 is 0 Å². The summed E-state index contributed by atoms with van der Waals surface area (Å²) in [6, 6.07) is 0. The molecule has 18 heavy (non-hydrogen) atoms. The summed E-state index contributed by atoms with van der Waals surface area (Å²) in [5.41, 5.74) is 0. The number of carboxylic acids is 1. The van der Waals surface area contributed by atoms with E-state index in [9.17, 15) is 4.79 Å². The number of epoxide rings is 1. The molecule has 1 saturated heterocycles. The van der Waals surface area contributed by atoms with Crippen molar-refractivity contribution >= 4 is 11.8 Å². The summed E-state index contributed by atoms with van der Waals surface area (Å²) in [7, 11) is 0. The van der Waals surface area contributed by atoms with Gasteiger partial charge in [-0.3, -0.25) is 4.79 Å². The Morgan fingerprint density at radius 3 is 2.06 bits per heavy atom. The van der Waals surface area contributed by atoms with Crippen LogP contribution in [-0.4, -0.2) is 59.3 Å². The number of carbonyl (C=O) groups excluding carboxylic acids is 1. The molecule has 1 heterocycles. The van der Waals surface area contributed by atoms with Crippen LogP contribution in [0.4, 0.5) is 0 Å². The summed E-state index contributed by atoms with van der Waals surface area (Å²) < 4.78 is 9.37. The molecule has 7 heteroatoms. The first-order valence-corrected chi connectivity index (χ1v) is 5.56. The fraction of sp³-hybridized carbons (Fsp3) is 0.818. The Morgan fingerprint density at radius 1 is 1.50 bits per heavy atom. The van der Waals surface area contributed by atoms with Gasteiger partial charge in [0.25, 0.3) is 0 Å². The lowest BCUT2D eigenvalue weighted by Gasteiger charge is -2.05. The van der Waals surface area contributed by atoms with E-state index in [0.717, 1.165) is 6.61 Å². The first kappa shape index (κ1) is 19.3. The Morgan fingerprint density at radius 2 is 1.89 bits per heavy atom. The number of rotatable bonds is 5. The van der Waals surface area contributed by atoms with Crippen molar-refractivity contribution < 1.29 is 34.4 Å². The zero-order valence-corrected chi connectivity index (χ0v) is 11.0. The van der Waals surface area contributed by atoms with E-state index in [4.69, 9.17) is 24.9 Å². The van der Waals surface area contributed by atoms with Gasteiger partial charge in [0.1, 0.15) is 13.2 Å². The fourth-order valence-electron chi connectivity index (χ4n) is 0.428. The molecule has 7 nitrogen and oxygen atoms in total. The SMILES string of the molecule is CC1CO1.CCC(O)OCC(C)=O.O=C(O)CO. The Kier molecular flexibility index (Phi) is 13.4. The van der Waals surface area contributed by atoms with Crippen LogP contribution in [0.1, 0.15) is 27.2 Å². The van der Waals surface area contributed by atoms with Gasteiger partial charge in [0.05, 0.1) is 12.7 Å². The summed E-state index contributed by atoms with van der Waals surface area (Å²) >= 11 is 0. The van der Waals surface area contributed by atoms with Gasteiger partial charge in [-0.25, -0.2) is 4.79 Å². The largest absolute Gasteiger partial charge is 0.480 e. The number of Topliss-reactive ketones (excluding diaryl/α,β-unsaturated/α-hetero) is 1. The van der Waals surface area contributed by atoms with Crippen molar-refractivity contribution in [2.45, 2.75) is 39.6 Å². The number of hydrogen-bond donors (Lipinski definition) is 3. The number of ketones is 1. The summed E-state index contributed by atoms with van der Waals surface area (Å²) in [4.78, 5) is 19.3. The maximum absolute atomic E-state index is 10.2. The number of hydrogen-bond acceptors (Lipinski definition) is 6. The maximum atomic E-state index is 10.2. The van der Waals surface area contributed by atoms with Gasteiger partial charge in [-0.2, -0.15) is 0 Å². The van der Waals surface area contributed by atoms with Crippen LogP contribution in [0.15, 0.2) is 0 Å². The van der Waals surface area contributed by atoms with Crippen molar-refractivity contribution in [2.75, 3.05) is 19.8 Å². The van der Waals surface area contributed by atoms with Crippen LogP contribution in [0.25, 0.3) is 0 Å². The van der Waals surface area contributed by atoms with E-state index in [1.165, 1.54) is 6.92 Å². The summed E-state index contributed by atoms with van der Waals surface area (Å²) in [5, 5.41) is 23.7. The standard InChI is InChI=1S/C6H12O3.C3H6O.C2H4O3/c1-3-6(8)9-4-5(2)7;1-3-2-4-3;3-1-2(4)5/h6,8H,3-4H2,1-2H3;3H,2H2,1H3;3H,1H2,(H,4,5). The fourth-order valence-corrected chi connectivity index (χ4v) is 0.428. The molecule has 0 bridgehead atoms. The molecule has 0 aromatic heterocycles. The normalized spacial score (nSPS) is 17.5. The summed E-state index contributed by atoms with van der Waals surface area (Å²) in [6.45, 7) is 5.47. The topological polar surface area (TPSA) is 117 Å². The third kappa shape index (κ3) is 24.3. The number of aliphatic hydroxyl groups excluding tert-OH is 2. The highest BCUT2D eigenvalue weighted by Gasteiger charge is 2.13. The van der Waals surface area contributed by atoms with E-state index in [-0.39, 0.29) is 12.4 Å². The van der Waals surface area contributed by atoms with Crippen LogP contribution in [0.2, 0.25) is 0 Å². The van der Waals surface area contributed by atoms with E-state index in [0.29, 0.717) is 12.5 Å². The van der Waals surface area contributed by atoms with Gasteiger partial charge >= 0.3 is 5.97 Å². The van der Waals surface area contributed by atoms with E-state index in [2.05, 4.69) is 11.7 Å². The average molecular weight is 266 g/mol. The predicted octanol–water partition coefficient (Wildman–Crippen LogP) is -0.211. The molecule has 0 aromatic rings. The maximum Gasteiger partial charge on any atom is 0.329 e. The Labute approximate surface area is 106 Å². The minimum Gasteiger partial charge on any atom is -0.480 e. The molecule has 2 unspecified atom stereocenters. The molecule has 0 aromatic carbocycles. The van der Waals surface area contributed by atoms with Gasteiger partial charge in [-0.1, -0.05) is 6.92 Å². The average Bonchev–Trinajstić information content (AvgIpc) is 3.10. The minimum atomic E-state index is -1.19. The number of carbonyl (C=O) groups is 2. The van der Waals surface area contributed by atoms with Crippen LogP contribution in [-0.2, 0) is 19.1 Å². The lowest BCUT2D eigenvalue weighted by molar-refractivity contribution is -0.140. The third-order valence-corrected chi connectivity index (χ3v) is 1.46. The number of aliphatic carboxylic acids is 1. The molecule has 3 N–H and O–H groups in total. The Balaban J connectivity index is 0. The Bertz CT molecular complexity index is 225. The van der Waals surface area contributed by atoms with Crippen molar-refractivity contribution in [3.8, 4) is 0 Å². The summed E-state index contributed by atoms with van der Waals surface area (Å²) in [6.07, 6.45) is 0.321. The van der Waals surface area contributed by atoms with Crippen LogP contribution in [0, 0.1) is 0 Å². The van der Waals surface area contributed by atoms with E-state index in [1.54, 1.807) is 6.92 Å². The van der Waals surface area contributed by atoms with Crippen molar-refractivity contribution in [2.24, 2.45) is 0 Å². The number of carboxylic acid groups (broad SMARTS) is 1. The predicted molar refractivity (Wildman–Crippen MR) is 63.1 cm³/mol. The van der Waals surface area contributed by atoms with E-state index in [1.807, 2.05) is 0 Å². The Hall–Kier alpha value is -1.02. The molecular weight excluding hydrogens is 244 g/mol. The van der Waals surface area contributed by atoms with Gasteiger partial charge in [-0.15, -0.1) is 0 Å². The molecule has 0 aliphatic carbocycles. The second kappa shape index (κ2) is 12.4. The lowest BCUT2D eigenvalue weighted by atomic mass is 10.4. The molecule has 2 atom stereocenters. The van der Waals surface area contributed by atoms with Crippen molar-refractivity contribution in [1.29, 1.82) is 0 Å². The number of aliphatic hydroxyl groups is 2. The van der Waals surface area contributed by atoms with Gasteiger partial charge in [-0.05, 0) is 20.3 Å². The minimum absolute atomic E-state index is 0.00894. The van der Waals surface area contributed by atoms with Crippen molar-refractivity contribution in [1.82, 2.24) is 0 Å². The van der Waals surface area contributed by atoms with Crippen LogP contribution in [0.5, 0.6) is 0 Å². The third-order valence-electron chi connectivity index (χ3n) is 1.46. The van der Waals surface area contributed by atoms with Crippen molar-refractivity contribution in [3.63, 3.8) is 0 Å². The monoisotopic (exact) mass is 266 g/mol. The van der Waals surface area contributed by atoms with Gasteiger partial charge in [0.2, 0.25) is 0 Å². The highest BCUT2D eigenvalue weighted by molar-refractivity contribution is 5.76.